The molecule has 0 aliphatic carbocycles. The lowest BCUT2D eigenvalue weighted by Crippen LogP contribution is -2.17. The number of halogens is 3. The summed E-state index contributed by atoms with van der Waals surface area (Å²) in [6.45, 7) is 5.76. The highest BCUT2D eigenvalue weighted by molar-refractivity contribution is 7.99. The van der Waals surface area contributed by atoms with Crippen LogP contribution in [0.15, 0.2) is 54.6 Å². The molecule has 0 bridgehead atoms. The molecule has 0 saturated carbocycles. The molecule has 0 saturated heterocycles. The van der Waals surface area contributed by atoms with Crippen molar-refractivity contribution in [3.63, 3.8) is 0 Å². The van der Waals surface area contributed by atoms with E-state index in [1.807, 2.05) is 36.6 Å². The van der Waals surface area contributed by atoms with Crippen molar-refractivity contribution in [2.75, 3.05) is 5.75 Å². The third-order valence-electron chi connectivity index (χ3n) is 4.81. The predicted molar refractivity (Wildman–Crippen MR) is 114 cm³/mol. The molecule has 30 heavy (non-hydrogen) atoms. The normalized spacial score (nSPS) is 11.5. The lowest BCUT2D eigenvalue weighted by atomic mass is 10.1. The van der Waals surface area contributed by atoms with Crippen LogP contribution in [0.2, 0.25) is 0 Å². The molecule has 0 aliphatic rings. The summed E-state index contributed by atoms with van der Waals surface area (Å²) in [7, 11) is 0. The standard InChI is InChI=1S/C23H22F3NO2S/c1-15-6-4-5-7-18(15)13-30-14-22(28)21-12-16(2)27(17(21)3)19-8-10-20(11-9-19)29-23(24,25)26/h4-12H,13-14H2,1-3H3. The molecule has 3 rings (SSSR count). The highest BCUT2D eigenvalue weighted by atomic mass is 32.2. The summed E-state index contributed by atoms with van der Waals surface area (Å²) in [5.74, 6) is 0.872. The second kappa shape index (κ2) is 9.00. The minimum absolute atomic E-state index is 0.0324. The SMILES string of the molecule is Cc1ccccc1CSCC(=O)c1cc(C)n(-c2ccc(OC(F)(F)F)cc2)c1C. The van der Waals surface area contributed by atoms with Gasteiger partial charge in [0.1, 0.15) is 5.75 Å². The molecule has 0 atom stereocenters. The van der Waals surface area contributed by atoms with Crippen LogP contribution < -0.4 is 4.74 Å². The molecule has 158 valence electrons. The number of hydrogen-bond donors (Lipinski definition) is 0. The Morgan fingerprint density at radius 2 is 1.70 bits per heavy atom. The molecule has 3 nitrogen and oxygen atoms in total. The monoisotopic (exact) mass is 433 g/mol. The van der Waals surface area contributed by atoms with Crippen LogP contribution in [0, 0.1) is 20.8 Å². The minimum atomic E-state index is -4.73. The predicted octanol–water partition coefficient (Wildman–Crippen LogP) is 6.42. The number of ketones is 1. The Bertz CT molecular complexity index is 1040. The maximum absolute atomic E-state index is 12.8. The molecule has 0 amide bonds. The van der Waals surface area contributed by atoms with E-state index in [1.54, 1.807) is 23.9 Å². The molecule has 2 aromatic carbocycles. The van der Waals surface area contributed by atoms with Gasteiger partial charge in [0.15, 0.2) is 5.78 Å². The van der Waals surface area contributed by atoms with Gasteiger partial charge in [-0.15, -0.1) is 24.9 Å². The first-order valence-corrected chi connectivity index (χ1v) is 10.5. The van der Waals surface area contributed by atoms with Crippen molar-refractivity contribution in [3.05, 3.63) is 82.7 Å². The van der Waals surface area contributed by atoms with Crippen molar-refractivity contribution in [2.24, 2.45) is 0 Å². The number of rotatable bonds is 7. The summed E-state index contributed by atoms with van der Waals surface area (Å²) in [6, 6.07) is 15.5. The van der Waals surface area contributed by atoms with Crippen LogP contribution in [0.5, 0.6) is 5.75 Å². The van der Waals surface area contributed by atoms with Gasteiger partial charge in [0.25, 0.3) is 0 Å². The second-order valence-corrected chi connectivity index (χ2v) is 7.99. The Morgan fingerprint density at radius 1 is 1.03 bits per heavy atom. The van der Waals surface area contributed by atoms with Gasteiger partial charge in [0.05, 0.1) is 5.75 Å². The summed E-state index contributed by atoms with van der Waals surface area (Å²) in [6.07, 6.45) is -4.73. The maximum Gasteiger partial charge on any atom is 0.573 e. The Kier molecular flexibility index (Phi) is 6.61. The lowest BCUT2D eigenvalue weighted by molar-refractivity contribution is -0.274. The fourth-order valence-corrected chi connectivity index (χ4v) is 4.33. The number of benzene rings is 2. The minimum Gasteiger partial charge on any atom is -0.406 e. The summed E-state index contributed by atoms with van der Waals surface area (Å²) in [5, 5.41) is 0. The molecule has 0 radical (unpaired) electrons. The number of aryl methyl sites for hydroxylation is 2. The van der Waals surface area contributed by atoms with Crippen LogP contribution in [0.3, 0.4) is 0 Å². The Balaban J connectivity index is 1.72. The van der Waals surface area contributed by atoms with Gasteiger partial charge >= 0.3 is 6.36 Å². The Labute approximate surface area is 177 Å². The van der Waals surface area contributed by atoms with Crippen LogP contribution in [0.25, 0.3) is 5.69 Å². The zero-order valence-corrected chi connectivity index (χ0v) is 17.7. The average Bonchev–Trinajstić information content (AvgIpc) is 2.97. The van der Waals surface area contributed by atoms with E-state index < -0.39 is 6.36 Å². The van der Waals surface area contributed by atoms with Gasteiger partial charge in [-0.25, -0.2) is 0 Å². The fraction of sp³-hybridized carbons (Fsp3) is 0.261. The average molecular weight is 433 g/mol. The molecule has 7 heteroatoms. The summed E-state index contributed by atoms with van der Waals surface area (Å²) in [4.78, 5) is 12.8. The van der Waals surface area contributed by atoms with Gasteiger partial charge in [0.2, 0.25) is 0 Å². The van der Waals surface area contributed by atoms with Crippen LogP contribution in [-0.4, -0.2) is 22.5 Å². The number of carbonyl (C=O) groups excluding carboxylic acids is 1. The van der Waals surface area contributed by atoms with E-state index in [-0.39, 0.29) is 11.5 Å². The zero-order valence-electron chi connectivity index (χ0n) is 16.9. The first-order chi connectivity index (χ1) is 14.2. The Morgan fingerprint density at radius 3 is 2.33 bits per heavy atom. The Hall–Kier alpha value is -2.67. The van der Waals surface area contributed by atoms with E-state index >= 15 is 0 Å². The molecule has 0 N–H and O–H groups in total. The number of carbonyl (C=O) groups is 1. The van der Waals surface area contributed by atoms with Gasteiger partial charge in [-0.1, -0.05) is 24.3 Å². The van der Waals surface area contributed by atoms with Crippen molar-refractivity contribution in [2.45, 2.75) is 32.9 Å². The van der Waals surface area contributed by atoms with E-state index in [0.29, 0.717) is 17.0 Å². The zero-order chi connectivity index (χ0) is 21.9. The second-order valence-electron chi connectivity index (χ2n) is 7.00. The smallest absolute Gasteiger partial charge is 0.406 e. The number of alkyl halides is 3. The number of aromatic nitrogens is 1. The number of Topliss-reactive ketones (excluding diaryl/α,β-unsaturated/α-hetero) is 1. The highest BCUT2D eigenvalue weighted by Gasteiger charge is 2.31. The molecule has 0 fully saturated rings. The lowest BCUT2D eigenvalue weighted by Gasteiger charge is -2.12. The summed E-state index contributed by atoms with van der Waals surface area (Å²) < 4.78 is 42.8. The van der Waals surface area contributed by atoms with E-state index in [0.717, 1.165) is 17.1 Å². The van der Waals surface area contributed by atoms with Gasteiger partial charge in [-0.05, 0) is 62.2 Å². The number of hydrogen-bond acceptors (Lipinski definition) is 3. The van der Waals surface area contributed by atoms with Crippen LogP contribution >= 0.6 is 11.8 Å². The molecule has 1 heterocycles. The summed E-state index contributed by atoms with van der Waals surface area (Å²) in [5.41, 5.74) is 5.31. The number of ether oxygens (including phenoxy) is 1. The quantitative estimate of drug-likeness (QED) is 0.403. The van der Waals surface area contributed by atoms with E-state index in [9.17, 15) is 18.0 Å². The van der Waals surface area contributed by atoms with Crippen molar-refractivity contribution in [1.29, 1.82) is 0 Å². The van der Waals surface area contributed by atoms with Gasteiger partial charge in [-0.2, -0.15) is 0 Å². The van der Waals surface area contributed by atoms with Gasteiger partial charge in [-0.3, -0.25) is 4.79 Å². The molecular weight excluding hydrogens is 411 g/mol. The molecule has 3 aromatic rings. The molecule has 0 aliphatic heterocycles. The van der Waals surface area contributed by atoms with Crippen molar-refractivity contribution < 1.29 is 22.7 Å². The maximum atomic E-state index is 12.8. The largest absolute Gasteiger partial charge is 0.573 e. The number of thioether (sulfide) groups is 1. The first-order valence-electron chi connectivity index (χ1n) is 9.36. The topological polar surface area (TPSA) is 31.2 Å². The molecule has 0 unspecified atom stereocenters. The molecular formula is C23H22F3NO2S. The molecule has 1 aromatic heterocycles. The van der Waals surface area contributed by atoms with Crippen molar-refractivity contribution >= 4 is 17.5 Å². The van der Waals surface area contributed by atoms with Crippen LogP contribution in [0.1, 0.15) is 32.9 Å². The third-order valence-corrected chi connectivity index (χ3v) is 5.79. The summed E-state index contributed by atoms with van der Waals surface area (Å²) >= 11 is 1.57. The fourth-order valence-electron chi connectivity index (χ4n) is 3.34. The van der Waals surface area contributed by atoms with Crippen molar-refractivity contribution in [1.82, 2.24) is 4.57 Å². The van der Waals surface area contributed by atoms with Gasteiger partial charge in [0, 0.05) is 28.4 Å². The van der Waals surface area contributed by atoms with Crippen LogP contribution in [-0.2, 0) is 5.75 Å². The number of nitrogens with zero attached hydrogens (tertiary/aromatic N) is 1. The van der Waals surface area contributed by atoms with Gasteiger partial charge < -0.3 is 9.30 Å². The molecule has 0 spiro atoms. The van der Waals surface area contributed by atoms with E-state index in [2.05, 4.69) is 23.8 Å². The van der Waals surface area contributed by atoms with Crippen molar-refractivity contribution in [3.8, 4) is 11.4 Å². The van der Waals surface area contributed by atoms with Crippen LogP contribution in [0.4, 0.5) is 13.2 Å². The third kappa shape index (κ3) is 5.27. The highest BCUT2D eigenvalue weighted by Crippen LogP contribution is 2.27. The first kappa shape index (κ1) is 22.0. The van der Waals surface area contributed by atoms with E-state index in [1.165, 1.54) is 23.3 Å². The van der Waals surface area contributed by atoms with E-state index in [4.69, 9.17) is 0 Å².